The molecule has 1 aliphatic carbocycles. The summed E-state index contributed by atoms with van der Waals surface area (Å²) in [5, 5.41) is 3.07. The lowest BCUT2D eigenvalue weighted by Crippen LogP contribution is -2.29. The Hall–Kier alpha value is -1.09. The van der Waals surface area contributed by atoms with E-state index in [1.54, 1.807) is 0 Å². The molecule has 80 valence electrons. The Morgan fingerprint density at radius 1 is 1.00 bits per heavy atom. The fourth-order valence-electron chi connectivity index (χ4n) is 2.63. The van der Waals surface area contributed by atoms with E-state index in [1.807, 2.05) is 0 Å². The summed E-state index contributed by atoms with van der Waals surface area (Å²) in [7, 11) is 0. The van der Waals surface area contributed by atoms with Crippen molar-refractivity contribution in [1.29, 1.82) is 0 Å². The van der Waals surface area contributed by atoms with Gasteiger partial charge in [-0.3, -0.25) is 4.79 Å². The van der Waals surface area contributed by atoms with Gasteiger partial charge in [0.1, 0.15) is 11.5 Å². The number of nitrogens with one attached hydrogen (secondary N) is 1. The molecule has 3 heteroatoms. The molecule has 0 saturated heterocycles. The second-order valence-corrected chi connectivity index (χ2v) is 4.39. The van der Waals surface area contributed by atoms with Gasteiger partial charge in [0.2, 0.25) is 0 Å². The lowest BCUT2D eigenvalue weighted by molar-refractivity contribution is 0.0978. The van der Waals surface area contributed by atoms with Crippen molar-refractivity contribution in [1.82, 2.24) is 5.32 Å². The zero-order chi connectivity index (χ0) is 10.3. The van der Waals surface area contributed by atoms with Crippen molar-refractivity contribution in [2.75, 3.05) is 6.54 Å². The highest BCUT2D eigenvalue weighted by atomic mass is 16.3. The number of rotatable bonds is 0. The third-order valence-electron chi connectivity index (χ3n) is 3.34. The average molecular weight is 205 g/mol. The zero-order valence-corrected chi connectivity index (χ0v) is 8.77. The Labute approximate surface area is 88.8 Å². The molecular formula is C12H15NO2. The molecule has 15 heavy (non-hydrogen) atoms. The molecule has 1 aromatic heterocycles. The van der Waals surface area contributed by atoms with E-state index in [4.69, 9.17) is 4.42 Å². The van der Waals surface area contributed by atoms with Crippen LogP contribution in [0.4, 0.5) is 0 Å². The zero-order valence-electron chi connectivity index (χ0n) is 8.77. The molecule has 1 N–H and O–H groups in total. The number of furan rings is 1. The first-order valence-corrected chi connectivity index (χ1v) is 5.73. The van der Waals surface area contributed by atoms with Crippen LogP contribution in [0.25, 0.3) is 0 Å². The van der Waals surface area contributed by atoms with Crippen LogP contribution in [0, 0.1) is 0 Å². The Balaban J connectivity index is 2.11. The minimum atomic E-state index is 0.211. The van der Waals surface area contributed by atoms with Crippen LogP contribution >= 0.6 is 0 Å². The number of hydrogen-bond acceptors (Lipinski definition) is 3. The van der Waals surface area contributed by atoms with Crippen molar-refractivity contribution in [3.05, 3.63) is 22.6 Å². The van der Waals surface area contributed by atoms with E-state index in [-0.39, 0.29) is 5.78 Å². The van der Waals surface area contributed by atoms with Crippen molar-refractivity contribution < 1.29 is 9.21 Å². The summed E-state index contributed by atoms with van der Waals surface area (Å²) < 4.78 is 5.80. The number of ketones is 1. The van der Waals surface area contributed by atoms with Crippen LogP contribution in [0.2, 0.25) is 0 Å². The molecule has 3 nitrogen and oxygen atoms in total. The minimum absolute atomic E-state index is 0.211. The van der Waals surface area contributed by atoms with Gasteiger partial charge in [-0.15, -0.1) is 0 Å². The van der Waals surface area contributed by atoms with Gasteiger partial charge in [0.25, 0.3) is 0 Å². The Kier molecular flexibility index (Phi) is 2.13. The number of carbonyl (C=O) groups excluding carboxylic acids is 1. The number of fused-ring (bicyclic) bond motifs is 3. The molecule has 0 aromatic carbocycles. The van der Waals surface area contributed by atoms with Crippen LogP contribution in [-0.2, 0) is 19.4 Å². The topological polar surface area (TPSA) is 42.2 Å². The third kappa shape index (κ3) is 1.42. The second-order valence-electron chi connectivity index (χ2n) is 4.39. The van der Waals surface area contributed by atoms with Crippen LogP contribution in [-0.4, -0.2) is 12.3 Å². The van der Waals surface area contributed by atoms with E-state index in [0.29, 0.717) is 13.1 Å². The number of hydrogen-bond donors (Lipinski definition) is 1. The first kappa shape index (κ1) is 9.16. The van der Waals surface area contributed by atoms with Crippen molar-refractivity contribution in [3.8, 4) is 0 Å². The Morgan fingerprint density at radius 2 is 1.87 bits per heavy atom. The average Bonchev–Trinajstić information content (AvgIpc) is 2.43. The fourth-order valence-corrected chi connectivity index (χ4v) is 2.63. The van der Waals surface area contributed by atoms with Gasteiger partial charge in [0.05, 0.1) is 18.7 Å². The molecule has 0 atom stereocenters. The Morgan fingerprint density at radius 3 is 2.80 bits per heavy atom. The summed E-state index contributed by atoms with van der Waals surface area (Å²) in [5.41, 5.74) is 2.12. The maximum Gasteiger partial charge on any atom is 0.180 e. The van der Waals surface area contributed by atoms with Gasteiger partial charge in [0, 0.05) is 12.0 Å². The molecule has 1 aliphatic heterocycles. The molecule has 0 spiro atoms. The lowest BCUT2D eigenvalue weighted by Gasteiger charge is -2.11. The van der Waals surface area contributed by atoms with Crippen molar-refractivity contribution in [3.63, 3.8) is 0 Å². The van der Waals surface area contributed by atoms with Crippen molar-refractivity contribution >= 4 is 5.78 Å². The summed E-state index contributed by atoms with van der Waals surface area (Å²) in [5.74, 6) is 2.16. The summed E-state index contributed by atoms with van der Waals surface area (Å²) in [4.78, 5) is 11.8. The van der Waals surface area contributed by atoms with Gasteiger partial charge in [-0.25, -0.2) is 0 Å². The predicted molar refractivity (Wildman–Crippen MR) is 56.0 cm³/mol. The maximum atomic E-state index is 11.8. The van der Waals surface area contributed by atoms with Gasteiger partial charge in [0.15, 0.2) is 5.78 Å². The molecular weight excluding hydrogens is 190 g/mol. The molecule has 2 aliphatic rings. The lowest BCUT2D eigenvalue weighted by atomic mass is 9.98. The van der Waals surface area contributed by atoms with Crippen molar-refractivity contribution in [2.24, 2.45) is 0 Å². The fraction of sp³-hybridized carbons (Fsp3) is 0.583. The van der Waals surface area contributed by atoms with E-state index in [1.165, 1.54) is 24.8 Å². The highest BCUT2D eigenvalue weighted by Crippen LogP contribution is 2.30. The van der Waals surface area contributed by atoms with Crippen LogP contribution < -0.4 is 5.32 Å². The molecule has 0 saturated carbocycles. The van der Waals surface area contributed by atoms with Gasteiger partial charge >= 0.3 is 0 Å². The highest BCUT2D eigenvalue weighted by Gasteiger charge is 2.28. The third-order valence-corrected chi connectivity index (χ3v) is 3.34. The van der Waals surface area contributed by atoms with E-state index in [2.05, 4.69) is 5.32 Å². The monoisotopic (exact) mass is 205 g/mol. The van der Waals surface area contributed by atoms with Crippen LogP contribution in [0.15, 0.2) is 4.42 Å². The van der Waals surface area contributed by atoms with E-state index < -0.39 is 0 Å². The summed E-state index contributed by atoms with van der Waals surface area (Å²) >= 11 is 0. The van der Waals surface area contributed by atoms with Gasteiger partial charge in [-0.2, -0.15) is 0 Å². The molecule has 0 bridgehead atoms. The molecule has 1 aromatic rings. The number of aryl methyl sites for hydroxylation is 1. The molecule has 0 radical (unpaired) electrons. The summed E-state index contributed by atoms with van der Waals surface area (Å²) in [6.45, 7) is 1.19. The van der Waals surface area contributed by atoms with E-state index >= 15 is 0 Å². The highest BCUT2D eigenvalue weighted by molar-refractivity contribution is 6.01. The smallest absolute Gasteiger partial charge is 0.180 e. The number of Topliss-reactive ketones (excluding diaryl/α,β-unsaturated/α-hetero) is 1. The van der Waals surface area contributed by atoms with Gasteiger partial charge < -0.3 is 9.73 Å². The van der Waals surface area contributed by atoms with Crippen LogP contribution in [0.1, 0.15) is 46.7 Å². The van der Waals surface area contributed by atoms with E-state index in [9.17, 15) is 4.79 Å². The summed E-state index contributed by atoms with van der Waals surface area (Å²) in [6.07, 6.45) is 5.68. The number of carbonyl (C=O) groups is 1. The predicted octanol–water partition coefficient (Wildman–Crippen LogP) is 1.83. The second kappa shape index (κ2) is 3.49. The standard InChI is InChI=1S/C12H15NO2/c14-9-6-13-7-11-12(9)8-4-2-1-3-5-10(8)15-11/h13H,1-7H2. The molecule has 0 fully saturated rings. The van der Waals surface area contributed by atoms with Crippen molar-refractivity contribution in [2.45, 2.75) is 38.6 Å². The quantitative estimate of drug-likeness (QED) is 0.657. The minimum Gasteiger partial charge on any atom is -0.464 e. The first-order valence-electron chi connectivity index (χ1n) is 5.73. The van der Waals surface area contributed by atoms with Crippen LogP contribution in [0.5, 0.6) is 0 Å². The first-order chi connectivity index (χ1) is 7.36. The maximum absolute atomic E-state index is 11.8. The molecule has 0 unspecified atom stereocenters. The van der Waals surface area contributed by atoms with Gasteiger partial charge in [-0.1, -0.05) is 6.42 Å². The van der Waals surface area contributed by atoms with E-state index in [0.717, 1.165) is 29.9 Å². The molecule has 3 rings (SSSR count). The Bertz CT molecular complexity index is 406. The largest absolute Gasteiger partial charge is 0.464 e. The molecule has 0 amide bonds. The normalized spacial score (nSPS) is 20.7. The van der Waals surface area contributed by atoms with Gasteiger partial charge in [-0.05, 0) is 19.3 Å². The summed E-state index contributed by atoms with van der Waals surface area (Å²) in [6, 6.07) is 0. The molecule has 2 heterocycles. The SMILES string of the molecule is O=C1CNCc2oc3c(c21)CCCCC3. The van der Waals surface area contributed by atoms with Crippen LogP contribution in [0.3, 0.4) is 0 Å².